The zero-order chi connectivity index (χ0) is 14.9. The van der Waals surface area contributed by atoms with Crippen molar-refractivity contribution in [2.75, 3.05) is 0 Å². The molecule has 1 aromatic carbocycles. The van der Waals surface area contributed by atoms with Crippen molar-refractivity contribution < 1.29 is 5.11 Å². The van der Waals surface area contributed by atoms with Gasteiger partial charge in [-0.2, -0.15) is 0 Å². The number of H-pyrrole nitrogens is 1. The van der Waals surface area contributed by atoms with Crippen molar-refractivity contribution in [1.82, 2.24) is 14.1 Å². The Balaban J connectivity index is 2.04. The molecule has 0 amide bonds. The van der Waals surface area contributed by atoms with E-state index in [1.807, 2.05) is 22.8 Å². The Hall–Kier alpha value is -1.72. The predicted octanol–water partition coefficient (Wildman–Crippen LogP) is 3.91. The molecule has 21 heavy (non-hydrogen) atoms. The van der Waals surface area contributed by atoms with Gasteiger partial charge in [-0.25, -0.2) is 0 Å². The first-order chi connectivity index (χ1) is 9.99. The lowest BCUT2D eigenvalue weighted by Gasteiger charge is -2.22. The molecule has 108 valence electrons. The van der Waals surface area contributed by atoms with Crippen molar-refractivity contribution >= 4 is 34.7 Å². The quantitative estimate of drug-likeness (QED) is 0.617. The Labute approximate surface area is 131 Å². The van der Waals surface area contributed by atoms with Gasteiger partial charge in [0.2, 0.25) is 5.88 Å². The molecular formula is C15H14ClN3OS. The van der Waals surface area contributed by atoms with Gasteiger partial charge in [0.05, 0.1) is 11.7 Å². The molecule has 2 N–H and O–H groups in total. The molecule has 0 spiro atoms. The summed E-state index contributed by atoms with van der Waals surface area (Å²) in [5, 5.41) is 12.2. The van der Waals surface area contributed by atoms with E-state index in [1.54, 1.807) is 11.6 Å². The molecule has 1 aliphatic rings. The Morgan fingerprint density at radius 1 is 1.43 bits per heavy atom. The highest BCUT2D eigenvalue weighted by Crippen LogP contribution is 2.39. The van der Waals surface area contributed by atoms with Gasteiger partial charge >= 0.3 is 0 Å². The van der Waals surface area contributed by atoms with Crippen LogP contribution >= 0.6 is 23.8 Å². The van der Waals surface area contributed by atoms with Crippen LogP contribution in [0.5, 0.6) is 5.88 Å². The van der Waals surface area contributed by atoms with Crippen molar-refractivity contribution in [3.63, 3.8) is 0 Å². The van der Waals surface area contributed by atoms with Gasteiger partial charge in [0, 0.05) is 35.1 Å². The number of benzene rings is 1. The molecule has 1 aliphatic heterocycles. The third-order valence-corrected chi connectivity index (χ3v) is 5.12. The SMILES string of the molecule is C[C@H]1c2[nH]c3cc(Cl)ccc3c2Cc2c(O)n(C)c(=S)n21. The normalized spacial score (nSPS) is 17.0. The molecule has 0 aliphatic carbocycles. The molecule has 0 bridgehead atoms. The summed E-state index contributed by atoms with van der Waals surface area (Å²) in [6, 6.07) is 5.93. The van der Waals surface area contributed by atoms with Crippen LogP contribution in [0.4, 0.5) is 0 Å². The number of hydrogen-bond donors (Lipinski definition) is 2. The maximum atomic E-state index is 10.3. The van der Waals surface area contributed by atoms with Crippen LogP contribution in [-0.4, -0.2) is 19.2 Å². The van der Waals surface area contributed by atoms with E-state index in [1.165, 1.54) is 5.56 Å². The first-order valence-electron chi connectivity index (χ1n) is 6.78. The first kappa shape index (κ1) is 13.0. The lowest BCUT2D eigenvalue weighted by Crippen LogP contribution is -2.18. The topological polar surface area (TPSA) is 45.9 Å². The third-order valence-electron chi connectivity index (χ3n) is 4.41. The molecule has 0 unspecified atom stereocenters. The molecule has 4 nitrogen and oxygen atoms in total. The predicted molar refractivity (Wildman–Crippen MR) is 85.8 cm³/mol. The van der Waals surface area contributed by atoms with Crippen LogP contribution in [-0.2, 0) is 13.5 Å². The fourth-order valence-electron chi connectivity index (χ4n) is 3.32. The summed E-state index contributed by atoms with van der Waals surface area (Å²) in [5.41, 5.74) is 4.25. The molecule has 3 heterocycles. The molecule has 3 aromatic rings. The number of rotatable bonds is 0. The smallest absolute Gasteiger partial charge is 0.213 e. The number of nitrogens with zero attached hydrogens (tertiary/aromatic N) is 2. The summed E-state index contributed by atoms with van der Waals surface area (Å²) in [4.78, 5) is 3.46. The lowest BCUT2D eigenvalue weighted by atomic mass is 9.98. The minimum Gasteiger partial charge on any atom is -0.493 e. The third kappa shape index (κ3) is 1.59. The average molecular weight is 320 g/mol. The number of halogens is 1. The molecule has 0 saturated carbocycles. The monoisotopic (exact) mass is 319 g/mol. The van der Waals surface area contributed by atoms with Crippen LogP contribution in [0.15, 0.2) is 18.2 Å². The van der Waals surface area contributed by atoms with Crippen LogP contribution in [0, 0.1) is 4.77 Å². The van der Waals surface area contributed by atoms with E-state index in [0.29, 0.717) is 16.2 Å². The van der Waals surface area contributed by atoms with E-state index >= 15 is 0 Å². The maximum absolute atomic E-state index is 10.3. The standard InChI is InChI=1S/C15H14ClN3OS/c1-7-13-10(9-4-3-8(16)5-11(9)17-13)6-12-14(20)18(2)15(21)19(7)12/h3-5,7,17,20H,6H2,1-2H3/t7-/m0/s1. The number of hydrogen-bond acceptors (Lipinski definition) is 2. The van der Waals surface area contributed by atoms with E-state index in [4.69, 9.17) is 23.8 Å². The maximum Gasteiger partial charge on any atom is 0.213 e. The van der Waals surface area contributed by atoms with Gasteiger partial charge in [-0.3, -0.25) is 4.57 Å². The number of imidazole rings is 1. The summed E-state index contributed by atoms with van der Waals surface area (Å²) in [6.45, 7) is 2.09. The molecule has 0 radical (unpaired) electrons. The number of fused-ring (bicyclic) bond motifs is 4. The molecule has 4 rings (SSSR count). The van der Waals surface area contributed by atoms with Crippen LogP contribution in [0.25, 0.3) is 10.9 Å². The number of aromatic amines is 1. The molecule has 2 aromatic heterocycles. The first-order valence-corrected chi connectivity index (χ1v) is 7.56. The minimum atomic E-state index is 0.0644. The number of aromatic hydroxyl groups is 1. The van der Waals surface area contributed by atoms with Crippen LogP contribution in [0.1, 0.15) is 29.9 Å². The largest absolute Gasteiger partial charge is 0.493 e. The van der Waals surface area contributed by atoms with Gasteiger partial charge in [0.15, 0.2) is 4.77 Å². The fourth-order valence-corrected chi connectivity index (χ4v) is 3.85. The van der Waals surface area contributed by atoms with Crippen molar-refractivity contribution in [3.8, 4) is 5.88 Å². The van der Waals surface area contributed by atoms with Gasteiger partial charge in [-0.05, 0) is 36.8 Å². The number of nitrogens with one attached hydrogen (secondary N) is 1. The fraction of sp³-hybridized carbons (Fsp3) is 0.267. The van der Waals surface area contributed by atoms with Crippen molar-refractivity contribution in [2.24, 2.45) is 7.05 Å². The zero-order valence-electron chi connectivity index (χ0n) is 11.6. The molecule has 0 fully saturated rings. The van der Waals surface area contributed by atoms with Gasteiger partial charge in [0.25, 0.3) is 0 Å². The van der Waals surface area contributed by atoms with Crippen molar-refractivity contribution in [1.29, 1.82) is 0 Å². The number of aromatic nitrogens is 3. The second-order valence-electron chi connectivity index (χ2n) is 5.54. The Kier molecular flexibility index (Phi) is 2.56. The van der Waals surface area contributed by atoms with Gasteiger partial charge in [0.1, 0.15) is 0 Å². The molecule has 1 atom stereocenters. The molecule has 6 heteroatoms. The summed E-state index contributed by atoms with van der Waals surface area (Å²) < 4.78 is 4.31. The Morgan fingerprint density at radius 3 is 2.95 bits per heavy atom. The van der Waals surface area contributed by atoms with Gasteiger partial charge in [-0.1, -0.05) is 17.7 Å². The highest BCUT2D eigenvalue weighted by atomic mass is 35.5. The van der Waals surface area contributed by atoms with E-state index < -0.39 is 0 Å². The summed E-state index contributed by atoms with van der Waals surface area (Å²) in [5.74, 6) is 0.251. The molecule has 0 saturated heterocycles. The van der Waals surface area contributed by atoms with Crippen molar-refractivity contribution in [2.45, 2.75) is 19.4 Å². The summed E-state index contributed by atoms with van der Waals surface area (Å²) in [7, 11) is 1.79. The Bertz CT molecular complexity index is 950. The highest BCUT2D eigenvalue weighted by molar-refractivity contribution is 7.71. The zero-order valence-corrected chi connectivity index (χ0v) is 13.2. The van der Waals surface area contributed by atoms with E-state index in [9.17, 15) is 5.11 Å². The van der Waals surface area contributed by atoms with Crippen LogP contribution in [0.2, 0.25) is 5.02 Å². The van der Waals surface area contributed by atoms with Gasteiger partial charge in [-0.15, -0.1) is 0 Å². The average Bonchev–Trinajstić information content (AvgIpc) is 2.91. The van der Waals surface area contributed by atoms with E-state index in [-0.39, 0.29) is 11.9 Å². The highest BCUT2D eigenvalue weighted by Gasteiger charge is 2.30. The second-order valence-corrected chi connectivity index (χ2v) is 6.34. The van der Waals surface area contributed by atoms with E-state index in [0.717, 1.165) is 22.3 Å². The second kappa shape index (κ2) is 4.15. The van der Waals surface area contributed by atoms with Gasteiger partial charge < -0.3 is 14.7 Å². The lowest BCUT2D eigenvalue weighted by molar-refractivity contribution is 0.423. The van der Waals surface area contributed by atoms with Crippen LogP contribution in [0.3, 0.4) is 0 Å². The minimum absolute atomic E-state index is 0.0644. The van der Waals surface area contributed by atoms with Crippen LogP contribution < -0.4 is 0 Å². The van der Waals surface area contributed by atoms with Crippen molar-refractivity contribution in [3.05, 3.63) is 44.9 Å². The summed E-state index contributed by atoms with van der Waals surface area (Å²) >= 11 is 11.5. The summed E-state index contributed by atoms with van der Waals surface area (Å²) in [6.07, 6.45) is 0.664. The van der Waals surface area contributed by atoms with E-state index in [2.05, 4.69) is 11.9 Å². The Morgan fingerprint density at radius 2 is 2.19 bits per heavy atom. The molecular weight excluding hydrogens is 306 g/mol.